The molecule has 1 aromatic rings. The van der Waals surface area contributed by atoms with Crippen LogP contribution in [0.25, 0.3) is 0 Å². The number of amides is 4. The fraction of sp³-hybridized carbons (Fsp3) is 0.640. The normalized spacial score (nSPS) is 14.3. The molecule has 0 bridgehead atoms. The summed E-state index contributed by atoms with van der Waals surface area (Å²) in [6.07, 6.45) is 1.27. The van der Waals surface area contributed by atoms with E-state index < -0.39 is 0 Å². The topological polar surface area (TPSA) is 85.0 Å². The van der Waals surface area contributed by atoms with E-state index in [0.29, 0.717) is 31.7 Å². The molecule has 1 heterocycles. The van der Waals surface area contributed by atoms with Crippen LogP contribution in [0.15, 0.2) is 24.3 Å². The van der Waals surface area contributed by atoms with Crippen molar-refractivity contribution in [1.82, 2.24) is 15.1 Å². The molecular weight excluding hydrogens is 418 g/mol. The molecule has 1 fully saturated rings. The molecule has 0 radical (unpaired) electrons. The maximum atomic E-state index is 12.5. The van der Waals surface area contributed by atoms with Gasteiger partial charge in [-0.15, -0.1) is 0 Å². The predicted octanol–water partition coefficient (Wildman–Crippen LogP) is 3.54. The molecule has 1 aliphatic rings. The molecule has 8 nitrogen and oxygen atoms in total. The highest BCUT2D eigenvalue weighted by atomic mass is 16.2. The second-order valence-electron chi connectivity index (χ2n) is 10.2. The first-order valence-electron chi connectivity index (χ1n) is 12.0. The molecule has 33 heavy (non-hydrogen) atoms. The predicted molar refractivity (Wildman–Crippen MR) is 133 cm³/mol. The van der Waals surface area contributed by atoms with Gasteiger partial charge in [-0.05, 0) is 57.4 Å². The lowest BCUT2D eigenvalue weighted by molar-refractivity contribution is -0.135. The van der Waals surface area contributed by atoms with Crippen molar-refractivity contribution in [3.63, 3.8) is 0 Å². The Balaban J connectivity index is 1.87. The third-order valence-corrected chi connectivity index (χ3v) is 5.33. The molecule has 0 aliphatic carbocycles. The fourth-order valence-corrected chi connectivity index (χ4v) is 3.74. The Morgan fingerprint density at radius 2 is 1.64 bits per heavy atom. The summed E-state index contributed by atoms with van der Waals surface area (Å²) in [5.41, 5.74) is 1.52. The van der Waals surface area contributed by atoms with E-state index >= 15 is 0 Å². The van der Waals surface area contributed by atoms with Crippen molar-refractivity contribution in [2.45, 2.75) is 59.9 Å². The van der Waals surface area contributed by atoms with Crippen LogP contribution >= 0.6 is 0 Å². The van der Waals surface area contributed by atoms with Crippen LogP contribution in [0.3, 0.4) is 0 Å². The summed E-state index contributed by atoms with van der Waals surface area (Å²) in [5, 5.41) is 5.91. The average molecular weight is 460 g/mol. The zero-order valence-corrected chi connectivity index (χ0v) is 21.1. The largest absolute Gasteiger partial charge is 0.368 e. The maximum Gasteiger partial charge on any atom is 0.317 e. The van der Waals surface area contributed by atoms with E-state index in [1.807, 2.05) is 70.7 Å². The van der Waals surface area contributed by atoms with Crippen LogP contribution in [0, 0.1) is 5.92 Å². The molecule has 184 valence electrons. The fourth-order valence-electron chi connectivity index (χ4n) is 3.74. The first kappa shape index (κ1) is 26.5. The maximum absolute atomic E-state index is 12.5. The highest BCUT2D eigenvalue weighted by Crippen LogP contribution is 2.20. The summed E-state index contributed by atoms with van der Waals surface area (Å²) in [4.78, 5) is 43.0. The monoisotopic (exact) mass is 459 g/mol. The van der Waals surface area contributed by atoms with Gasteiger partial charge >= 0.3 is 6.03 Å². The van der Waals surface area contributed by atoms with Gasteiger partial charge in [0.25, 0.3) is 0 Å². The number of nitrogens with zero attached hydrogens (tertiary/aromatic N) is 3. The minimum atomic E-state index is -0.246. The van der Waals surface area contributed by atoms with Crippen molar-refractivity contribution in [2.24, 2.45) is 5.92 Å². The van der Waals surface area contributed by atoms with Gasteiger partial charge in [-0.2, -0.15) is 0 Å². The average Bonchev–Trinajstić information content (AvgIpc) is 2.72. The third-order valence-electron chi connectivity index (χ3n) is 5.33. The molecule has 2 N–H and O–H groups in total. The van der Waals surface area contributed by atoms with Crippen molar-refractivity contribution >= 4 is 29.2 Å². The van der Waals surface area contributed by atoms with Crippen molar-refractivity contribution in [1.29, 1.82) is 0 Å². The number of carbonyl (C=O) groups excluding carboxylic acids is 3. The zero-order chi connectivity index (χ0) is 24.6. The van der Waals surface area contributed by atoms with Gasteiger partial charge in [0.2, 0.25) is 11.8 Å². The van der Waals surface area contributed by atoms with Crippen LogP contribution in [0.2, 0.25) is 0 Å². The molecule has 1 aliphatic heterocycles. The van der Waals surface area contributed by atoms with Crippen molar-refractivity contribution in [3.8, 4) is 0 Å². The minimum Gasteiger partial charge on any atom is -0.368 e. The van der Waals surface area contributed by atoms with Crippen LogP contribution in [-0.4, -0.2) is 72.5 Å². The Hall–Kier alpha value is -2.77. The lowest BCUT2D eigenvalue weighted by atomic mass is 10.1. The first-order chi connectivity index (χ1) is 15.5. The number of anilines is 2. The summed E-state index contributed by atoms with van der Waals surface area (Å²) in [6.45, 7) is 15.4. The van der Waals surface area contributed by atoms with E-state index in [-0.39, 0.29) is 35.8 Å². The number of urea groups is 1. The lowest BCUT2D eigenvalue weighted by Gasteiger charge is -2.37. The van der Waals surface area contributed by atoms with Crippen LogP contribution in [0.4, 0.5) is 16.2 Å². The molecule has 0 atom stereocenters. The highest BCUT2D eigenvalue weighted by molar-refractivity contribution is 5.94. The van der Waals surface area contributed by atoms with Gasteiger partial charge in [0.15, 0.2) is 0 Å². The lowest BCUT2D eigenvalue weighted by Crippen LogP contribution is -2.55. The van der Waals surface area contributed by atoms with Crippen LogP contribution in [-0.2, 0) is 9.59 Å². The van der Waals surface area contributed by atoms with Gasteiger partial charge in [-0.3, -0.25) is 9.59 Å². The molecule has 4 amide bonds. The zero-order valence-electron chi connectivity index (χ0n) is 21.1. The van der Waals surface area contributed by atoms with E-state index in [0.717, 1.165) is 25.2 Å². The number of carbonyl (C=O) groups is 3. The molecule has 8 heteroatoms. The van der Waals surface area contributed by atoms with Gasteiger partial charge in [-0.1, -0.05) is 20.8 Å². The highest BCUT2D eigenvalue weighted by Gasteiger charge is 2.24. The molecule has 1 saturated heterocycles. The number of piperazine rings is 1. The third kappa shape index (κ3) is 8.94. The number of nitrogens with one attached hydrogen (secondary N) is 2. The van der Waals surface area contributed by atoms with E-state index in [1.165, 1.54) is 0 Å². The SMILES string of the molecule is CCCN(CC(=O)Nc1ccc(N2CCN(C(=O)NC(C)(C)C)CC2)cc1)C(=O)CC(C)C. The Morgan fingerprint density at radius 3 is 2.15 bits per heavy atom. The van der Waals surface area contributed by atoms with Crippen molar-refractivity contribution in [2.75, 3.05) is 49.5 Å². The van der Waals surface area contributed by atoms with Gasteiger partial charge in [-0.25, -0.2) is 4.79 Å². The molecule has 0 spiro atoms. The van der Waals surface area contributed by atoms with Gasteiger partial charge in [0.1, 0.15) is 0 Å². The second-order valence-corrected chi connectivity index (χ2v) is 10.2. The Kier molecular flexibility index (Phi) is 9.56. The van der Waals surface area contributed by atoms with E-state index in [2.05, 4.69) is 15.5 Å². The summed E-state index contributed by atoms with van der Waals surface area (Å²) in [6, 6.07) is 7.70. The Bertz CT molecular complexity index is 793. The van der Waals surface area contributed by atoms with Gasteiger partial charge < -0.3 is 25.3 Å². The van der Waals surface area contributed by atoms with Crippen LogP contribution < -0.4 is 15.5 Å². The number of hydrogen-bond donors (Lipinski definition) is 2. The first-order valence-corrected chi connectivity index (χ1v) is 12.0. The van der Waals surface area contributed by atoms with E-state index in [1.54, 1.807) is 4.90 Å². The quantitative estimate of drug-likeness (QED) is 0.623. The molecule has 0 saturated carbocycles. The summed E-state index contributed by atoms with van der Waals surface area (Å²) in [5.74, 6) is 0.0988. The Morgan fingerprint density at radius 1 is 1.03 bits per heavy atom. The number of hydrogen-bond acceptors (Lipinski definition) is 4. The second kappa shape index (κ2) is 11.9. The van der Waals surface area contributed by atoms with Crippen molar-refractivity contribution < 1.29 is 14.4 Å². The van der Waals surface area contributed by atoms with Crippen LogP contribution in [0.1, 0.15) is 54.4 Å². The number of rotatable bonds is 8. The molecule has 0 aromatic heterocycles. The van der Waals surface area contributed by atoms with Gasteiger partial charge in [0.05, 0.1) is 6.54 Å². The smallest absolute Gasteiger partial charge is 0.317 e. The standard InChI is InChI=1S/C25H41N5O3/c1-7-12-30(23(32)17-19(2)3)18-22(31)26-20-8-10-21(11-9-20)28-13-15-29(16-14-28)24(33)27-25(4,5)6/h8-11,19H,7,12-18H2,1-6H3,(H,26,31)(H,27,33). The number of benzene rings is 1. The van der Waals surface area contributed by atoms with E-state index in [4.69, 9.17) is 0 Å². The minimum absolute atomic E-state index is 0.0210. The molecule has 1 aromatic carbocycles. The molecular formula is C25H41N5O3. The summed E-state index contributed by atoms with van der Waals surface area (Å²) >= 11 is 0. The molecule has 0 unspecified atom stereocenters. The Labute approximate surface area is 198 Å². The van der Waals surface area contributed by atoms with Crippen molar-refractivity contribution in [3.05, 3.63) is 24.3 Å². The summed E-state index contributed by atoms with van der Waals surface area (Å²) < 4.78 is 0. The van der Waals surface area contributed by atoms with Gasteiger partial charge in [0, 0.05) is 56.1 Å². The van der Waals surface area contributed by atoms with Crippen LogP contribution in [0.5, 0.6) is 0 Å². The molecule has 2 rings (SSSR count). The summed E-state index contributed by atoms with van der Waals surface area (Å²) in [7, 11) is 0. The van der Waals surface area contributed by atoms with E-state index in [9.17, 15) is 14.4 Å².